The topological polar surface area (TPSA) is 26.3 Å². The molecule has 2 rings (SSSR count). The Morgan fingerprint density at radius 2 is 2.25 bits per heavy atom. The van der Waals surface area contributed by atoms with Crippen molar-refractivity contribution in [2.75, 3.05) is 0 Å². The molecule has 1 saturated carbocycles. The van der Waals surface area contributed by atoms with Crippen LogP contribution in [0.5, 0.6) is 0 Å². The van der Waals surface area contributed by atoms with Crippen molar-refractivity contribution in [1.29, 1.82) is 0 Å². The van der Waals surface area contributed by atoms with Crippen LogP contribution in [0, 0.1) is 5.92 Å². The second-order valence-corrected chi connectivity index (χ2v) is 3.92. The molecule has 2 nitrogen and oxygen atoms in total. The van der Waals surface area contributed by atoms with E-state index in [-0.39, 0.29) is 12.1 Å². The molecule has 0 radical (unpaired) electrons. The smallest absolute Gasteiger partial charge is 0.334 e. The maximum atomic E-state index is 11.2. The number of hydrogen-bond acceptors (Lipinski definition) is 2. The molecule has 1 heterocycles. The molecule has 1 aliphatic carbocycles. The van der Waals surface area contributed by atoms with E-state index in [1.165, 1.54) is 12.0 Å². The molecule has 0 aromatic carbocycles. The normalized spacial score (nSPS) is 35.0. The van der Waals surface area contributed by atoms with E-state index < -0.39 is 0 Å². The zero-order valence-corrected chi connectivity index (χ0v) is 7.59. The summed E-state index contributed by atoms with van der Waals surface area (Å²) in [4.78, 5) is 11.2. The van der Waals surface area contributed by atoms with E-state index in [0.717, 1.165) is 18.4 Å². The summed E-state index contributed by atoms with van der Waals surface area (Å²) < 4.78 is 5.23. The molecule has 0 bridgehead atoms. The number of carbonyl (C=O) groups is 1. The lowest BCUT2D eigenvalue weighted by Gasteiger charge is -2.24. The maximum Gasteiger partial charge on any atom is 0.334 e. The Morgan fingerprint density at radius 3 is 3.00 bits per heavy atom. The number of rotatable bonds is 0. The molecule has 2 aliphatic rings. The largest absolute Gasteiger partial charge is 0.454 e. The van der Waals surface area contributed by atoms with E-state index in [9.17, 15) is 4.79 Å². The van der Waals surface area contributed by atoms with Gasteiger partial charge in [-0.25, -0.2) is 4.79 Å². The lowest BCUT2D eigenvalue weighted by molar-refractivity contribution is -0.140. The molecule has 0 amide bonds. The molecule has 1 aliphatic heterocycles. The summed E-state index contributed by atoms with van der Waals surface area (Å²) in [5, 5.41) is 0. The van der Waals surface area contributed by atoms with Crippen LogP contribution < -0.4 is 0 Å². The molecule has 2 heteroatoms. The van der Waals surface area contributed by atoms with Crippen LogP contribution in [0.1, 0.15) is 33.1 Å². The zero-order chi connectivity index (χ0) is 8.72. The molecule has 0 saturated heterocycles. The van der Waals surface area contributed by atoms with E-state index in [2.05, 4.69) is 6.92 Å². The third-order valence-electron chi connectivity index (χ3n) is 2.95. The Labute approximate surface area is 72.6 Å². The Bertz CT molecular complexity index is 253. The van der Waals surface area contributed by atoms with Gasteiger partial charge in [-0.05, 0) is 37.7 Å². The molecule has 66 valence electrons. The lowest BCUT2D eigenvalue weighted by Crippen LogP contribution is -2.20. The van der Waals surface area contributed by atoms with E-state index in [0.29, 0.717) is 5.92 Å². The van der Waals surface area contributed by atoms with Gasteiger partial charge < -0.3 is 4.74 Å². The molecule has 12 heavy (non-hydrogen) atoms. The Kier molecular flexibility index (Phi) is 1.71. The van der Waals surface area contributed by atoms with E-state index in [1.807, 2.05) is 6.92 Å². The summed E-state index contributed by atoms with van der Waals surface area (Å²) in [6.07, 6.45) is 3.42. The fourth-order valence-electron chi connectivity index (χ4n) is 2.09. The summed E-state index contributed by atoms with van der Waals surface area (Å²) in [6.45, 7) is 4.10. The van der Waals surface area contributed by atoms with Crippen molar-refractivity contribution in [2.24, 2.45) is 5.92 Å². The van der Waals surface area contributed by atoms with Crippen molar-refractivity contribution in [3.8, 4) is 0 Å². The highest BCUT2D eigenvalue weighted by atomic mass is 16.5. The molecular formula is C10H14O2. The average molecular weight is 166 g/mol. The second-order valence-electron chi connectivity index (χ2n) is 3.92. The Hall–Kier alpha value is -0.790. The monoisotopic (exact) mass is 166 g/mol. The molecule has 0 aromatic rings. The highest BCUT2D eigenvalue weighted by Crippen LogP contribution is 2.36. The summed E-state index contributed by atoms with van der Waals surface area (Å²) in [6, 6.07) is 0. The minimum atomic E-state index is -0.0934. The maximum absolute atomic E-state index is 11.2. The van der Waals surface area contributed by atoms with Crippen molar-refractivity contribution in [2.45, 2.75) is 39.2 Å². The molecule has 2 atom stereocenters. The van der Waals surface area contributed by atoms with Crippen LogP contribution in [-0.2, 0) is 9.53 Å². The Balaban J connectivity index is 2.23. The van der Waals surface area contributed by atoms with Gasteiger partial charge in [0.1, 0.15) is 6.10 Å². The first-order valence-electron chi connectivity index (χ1n) is 4.59. The van der Waals surface area contributed by atoms with Crippen molar-refractivity contribution >= 4 is 5.97 Å². The molecule has 1 fully saturated rings. The molecule has 0 aromatic heterocycles. The summed E-state index contributed by atoms with van der Waals surface area (Å²) in [5.41, 5.74) is 2.13. The van der Waals surface area contributed by atoms with Crippen LogP contribution in [0.2, 0.25) is 0 Å². The number of fused-ring (bicyclic) bond motifs is 1. The Morgan fingerprint density at radius 1 is 1.50 bits per heavy atom. The SMILES string of the molecule is CC1=C2CCC(C)CC2OC1=O. The third-order valence-corrected chi connectivity index (χ3v) is 2.95. The van der Waals surface area contributed by atoms with Gasteiger partial charge in [0.25, 0.3) is 0 Å². The van der Waals surface area contributed by atoms with Gasteiger partial charge in [0.05, 0.1) is 0 Å². The summed E-state index contributed by atoms with van der Waals surface area (Å²) in [5.74, 6) is 0.613. The van der Waals surface area contributed by atoms with Crippen LogP contribution in [0.4, 0.5) is 0 Å². The molecular weight excluding hydrogens is 152 g/mol. The quantitative estimate of drug-likeness (QED) is 0.515. The zero-order valence-electron chi connectivity index (χ0n) is 7.59. The standard InChI is InChI=1S/C10H14O2/c1-6-3-4-8-7(2)10(11)12-9(8)5-6/h6,9H,3-5H2,1-2H3. The van der Waals surface area contributed by atoms with Gasteiger partial charge in [-0.3, -0.25) is 0 Å². The van der Waals surface area contributed by atoms with Gasteiger partial charge in [-0.15, -0.1) is 0 Å². The first-order chi connectivity index (χ1) is 5.68. The number of carbonyl (C=O) groups excluding carboxylic acids is 1. The third kappa shape index (κ3) is 1.06. The summed E-state index contributed by atoms with van der Waals surface area (Å²) >= 11 is 0. The van der Waals surface area contributed by atoms with Crippen molar-refractivity contribution in [3.63, 3.8) is 0 Å². The number of esters is 1. The highest BCUT2D eigenvalue weighted by molar-refractivity contribution is 5.91. The van der Waals surface area contributed by atoms with Crippen LogP contribution in [0.3, 0.4) is 0 Å². The van der Waals surface area contributed by atoms with Crippen molar-refractivity contribution in [3.05, 3.63) is 11.1 Å². The summed E-state index contributed by atoms with van der Waals surface area (Å²) in [7, 11) is 0. The van der Waals surface area contributed by atoms with Crippen LogP contribution >= 0.6 is 0 Å². The number of hydrogen-bond donors (Lipinski definition) is 0. The average Bonchev–Trinajstić information content (AvgIpc) is 2.28. The predicted octanol–water partition coefficient (Wildman–Crippen LogP) is 2.05. The second kappa shape index (κ2) is 2.61. The van der Waals surface area contributed by atoms with Crippen LogP contribution in [0.25, 0.3) is 0 Å². The minimum absolute atomic E-state index is 0.0934. The van der Waals surface area contributed by atoms with Gasteiger partial charge in [0.15, 0.2) is 0 Å². The van der Waals surface area contributed by atoms with Crippen LogP contribution in [-0.4, -0.2) is 12.1 Å². The highest BCUT2D eigenvalue weighted by Gasteiger charge is 2.34. The van der Waals surface area contributed by atoms with Gasteiger partial charge >= 0.3 is 5.97 Å². The first-order valence-corrected chi connectivity index (χ1v) is 4.59. The fraction of sp³-hybridized carbons (Fsp3) is 0.700. The van der Waals surface area contributed by atoms with Crippen molar-refractivity contribution < 1.29 is 9.53 Å². The molecule has 0 N–H and O–H groups in total. The fourth-order valence-corrected chi connectivity index (χ4v) is 2.09. The van der Waals surface area contributed by atoms with Gasteiger partial charge in [0, 0.05) is 5.57 Å². The first kappa shape index (κ1) is 7.84. The van der Waals surface area contributed by atoms with E-state index >= 15 is 0 Å². The van der Waals surface area contributed by atoms with Crippen molar-refractivity contribution in [1.82, 2.24) is 0 Å². The molecule has 0 spiro atoms. The lowest BCUT2D eigenvalue weighted by atomic mass is 9.84. The van der Waals surface area contributed by atoms with Gasteiger partial charge in [-0.2, -0.15) is 0 Å². The van der Waals surface area contributed by atoms with E-state index in [1.54, 1.807) is 0 Å². The minimum Gasteiger partial charge on any atom is -0.454 e. The predicted molar refractivity (Wildman–Crippen MR) is 45.6 cm³/mol. The molecule has 2 unspecified atom stereocenters. The van der Waals surface area contributed by atoms with Gasteiger partial charge in [0.2, 0.25) is 0 Å². The van der Waals surface area contributed by atoms with Crippen LogP contribution in [0.15, 0.2) is 11.1 Å². The van der Waals surface area contributed by atoms with Gasteiger partial charge in [-0.1, -0.05) is 6.92 Å². The number of ether oxygens (including phenoxy) is 1. The van der Waals surface area contributed by atoms with E-state index in [4.69, 9.17) is 4.74 Å².